The number of aliphatic hydroxyl groups is 1. The van der Waals surface area contributed by atoms with Crippen molar-refractivity contribution in [3.63, 3.8) is 0 Å². The Morgan fingerprint density at radius 2 is 1.86 bits per heavy atom. The van der Waals surface area contributed by atoms with Gasteiger partial charge in [-0.3, -0.25) is 4.79 Å². The van der Waals surface area contributed by atoms with Crippen LogP contribution in [0.15, 0.2) is 27.8 Å². The molecule has 1 aromatic rings. The lowest BCUT2D eigenvalue weighted by Crippen LogP contribution is -2.68. The van der Waals surface area contributed by atoms with E-state index in [2.05, 4.69) is 37.8 Å². The van der Waals surface area contributed by atoms with E-state index in [-0.39, 0.29) is 41.6 Å². The van der Waals surface area contributed by atoms with Crippen molar-refractivity contribution < 1.29 is 28.6 Å². The molecule has 3 aliphatic carbocycles. The van der Waals surface area contributed by atoms with Crippen LogP contribution >= 0.6 is 0 Å². The fourth-order valence-corrected chi connectivity index (χ4v) is 6.97. The van der Waals surface area contributed by atoms with Crippen LogP contribution in [-0.2, 0) is 14.3 Å². The van der Waals surface area contributed by atoms with Crippen LogP contribution in [-0.4, -0.2) is 51.2 Å². The summed E-state index contributed by atoms with van der Waals surface area (Å²) in [5, 5.41) is 17.1. The highest BCUT2D eigenvalue weighted by Gasteiger charge is 2.74. The van der Waals surface area contributed by atoms with E-state index >= 15 is 0 Å². The molecular formula is C28H40N2O6. The first-order chi connectivity index (χ1) is 16.6. The molecule has 4 aliphatic rings. The van der Waals surface area contributed by atoms with Crippen LogP contribution in [0.1, 0.15) is 80.5 Å². The molecule has 7 atom stereocenters. The molecule has 1 aromatic heterocycles. The van der Waals surface area contributed by atoms with Gasteiger partial charge in [0, 0.05) is 11.8 Å². The Bertz CT molecular complexity index is 1130. The largest absolute Gasteiger partial charge is 0.450 e. The zero-order valence-electron chi connectivity index (χ0n) is 22.9. The minimum absolute atomic E-state index is 0.0107. The Balaban J connectivity index is 1.72. The van der Waals surface area contributed by atoms with Gasteiger partial charge in [-0.1, -0.05) is 53.7 Å². The van der Waals surface area contributed by atoms with E-state index in [0.29, 0.717) is 5.89 Å². The molecule has 0 amide bonds. The van der Waals surface area contributed by atoms with Gasteiger partial charge >= 0.3 is 6.01 Å². The Labute approximate surface area is 213 Å². The SMILES string of the molecule is CC1=CC23C(=O)C(C=C4COC(C)(C)OC4C2(O)C1Oc1noc(C(C)C)n1)C(C)(C)C(C)C[C@H]3C. The van der Waals surface area contributed by atoms with Gasteiger partial charge in [0.2, 0.25) is 5.89 Å². The third-order valence-electron chi connectivity index (χ3n) is 9.42. The standard InChI is InChI=1S/C28H40N2O6/c1-14(2)23-29-24(30-36-23)34-21-15(3)12-27-17(5)10-16(4)25(6,7)19(20(27)31)11-18-13-33-26(8,9)35-22(18)28(21,27)32/h11-12,14,16-17,19,21-22,32H,10,13H2,1-9H3/t16?,17-,19?,21?,22?,27?,28?/m1/s1. The first-order valence-electron chi connectivity index (χ1n) is 13.1. The van der Waals surface area contributed by atoms with Gasteiger partial charge in [0.15, 0.2) is 23.3 Å². The number of ether oxygens (including phenoxy) is 3. The number of carbonyl (C=O) groups excluding carboxylic acids is 1. The number of rotatable bonds is 3. The number of hydrogen-bond donors (Lipinski definition) is 1. The van der Waals surface area contributed by atoms with E-state index in [9.17, 15) is 9.90 Å². The van der Waals surface area contributed by atoms with Crippen molar-refractivity contribution in [2.45, 2.75) is 98.2 Å². The maximum Gasteiger partial charge on any atom is 0.354 e. The molecule has 1 saturated heterocycles. The monoisotopic (exact) mass is 500 g/mol. The maximum absolute atomic E-state index is 14.7. The molecule has 0 aromatic carbocycles. The number of ketones is 1. The lowest BCUT2D eigenvalue weighted by Gasteiger charge is -2.52. The van der Waals surface area contributed by atoms with Crippen molar-refractivity contribution in [3.05, 3.63) is 29.2 Å². The maximum atomic E-state index is 14.7. The van der Waals surface area contributed by atoms with E-state index in [4.69, 9.17) is 18.7 Å². The van der Waals surface area contributed by atoms with Gasteiger partial charge in [0.05, 0.1) is 12.0 Å². The Hall–Kier alpha value is -2.03. The number of allylic oxidation sites excluding steroid dienone is 1. The summed E-state index contributed by atoms with van der Waals surface area (Å²) < 4.78 is 24.2. The fourth-order valence-electron chi connectivity index (χ4n) is 6.97. The second-order valence-electron chi connectivity index (χ2n) is 12.8. The van der Waals surface area contributed by atoms with Crippen LogP contribution in [0.5, 0.6) is 6.01 Å². The summed E-state index contributed by atoms with van der Waals surface area (Å²) in [5.41, 5.74) is -1.72. The molecule has 2 bridgehead atoms. The predicted octanol–water partition coefficient (Wildman–Crippen LogP) is 4.60. The molecule has 0 radical (unpaired) electrons. The summed E-state index contributed by atoms with van der Waals surface area (Å²) >= 11 is 0. The average Bonchev–Trinajstić information content (AvgIpc) is 3.31. The molecule has 1 aliphatic heterocycles. The highest BCUT2D eigenvalue weighted by Crippen LogP contribution is 2.63. The minimum Gasteiger partial charge on any atom is -0.450 e. The summed E-state index contributed by atoms with van der Waals surface area (Å²) in [6.07, 6.45) is 3.04. The van der Waals surface area contributed by atoms with Crippen molar-refractivity contribution in [3.8, 4) is 6.01 Å². The zero-order valence-corrected chi connectivity index (χ0v) is 22.9. The van der Waals surface area contributed by atoms with Crippen LogP contribution < -0.4 is 4.74 Å². The molecule has 2 heterocycles. The van der Waals surface area contributed by atoms with Crippen molar-refractivity contribution >= 4 is 5.78 Å². The van der Waals surface area contributed by atoms with Crippen LogP contribution in [0.2, 0.25) is 0 Å². The Morgan fingerprint density at radius 1 is 1.17 bits per heavy atom. The average molecular weight is 501 g/mol. The number of hydrogen-bond acceptors (Lipinski definition) is 8. The topological polar surface area (TPSA) is 104 Å². The van der Waals surface area contributed by atoms with E-state index in [1.54, 1.807) is 0 Å². The summed E-state index contributed by atoms with van der Waals surface area (Å²) in [6.45, 7) is 18.3. The Kier molecular flexibility index (Phi) is 5.68. The fraction of sp³-hybridized carbons (Fsp3) is 0.750. The zero-order chi connectivity index (χ0) is 26.4. The summed E-state index contributed by atoms with van der Waals surface area (Å²) in [6, 6.07) is 0.0435. The normalized spacial score (nSPS) is 41.1. The highest BCUT2D eigenvalue weighted by molar-refractivity contribution is 5.95. The van der Waals surface area contributed by atoms with Gasteiger partial charge in [-0.05, 0) is 60.7 Å². The van der Waals surface area contributed by atoms with Crippen LogP contribution in [0.25, 0.3) is 0 Å². The van der Waals surface area contributed by atoms with Gasteiger partial charge < -0.3 is 23.8 Å². The van der Waals surface area contributed by atoms with Gasteiger partial charge in [0.25, 0.3) is 0 Å². The quantitative estimate of drug-likeness (QED) is 0.601. The number of fused-ring (bicyclic) bond motifs is 3. The summed E-state index contributed by atoms with van der Waals surface area (Å²) in [5.74, 6) is -0.762. The first-order valence-corrected chi connectivity index (χ1v) is 13.1. The lowest BCUT2D eigenvalue weighted by atomic mass is 9.59. The smallest absolute Gasteiger partial charge is 0.354 e. The van der Waals surface area contributed by atoms with Crippen LogP contribution in [0, 0.1) is 28.6 Å². The molecule has 1 N–H and O–H groups in total. The van der Waals surface area contributed by atoms with E-state index in [1.165, 1.54) is 0 Å². The molecule has 6 unspecified atom stereocenters. The van der Waals surface area contributed by atoms with Crippen molar-refractivity contribution in [1.82, 2.24) is 10.1 Å². The first kappa shape index (κ1) is 25.6. The molecule has 2 fully saturated rings. The van der Waals surface area contributed by atoms with Crippen molar-refractivity contribution in [2.75, 3.05) is 6.61 Å². The number of aromatic nitrogens is 2. The van der Waals surface area contributed by atoms with Gasteiger partial charge in [-0.15, -0.1) is 0 Å². The second-order valence-corrected chi connectivity index (χ2v) is 12.8. The van der Waals surface area contributed by atoms with Gasteiger partial charge in [-0.2, -0.15) is 4.98 Å². The molecule has 8 nitrogen and oxygen atoms in total. The molecular weight excluding hydrogens is 460 g/mol. The molecule has 5 rings (SSSR count). The second kappa shape index (κ2) is 7.98. The summed E-state index contributed by atoms with van der Waals surface area (Å²) in [4.78, 5) is 19.1. The van der Waals surface area contributed by atoms with Crippen molar-refractivity contribution in [2.24, 2.45) is 28.6 Å². The lowest BCUT2D eigenvalue weighted by molar-refractivity contribution is -0.301. The van der Waals surface area contributed by atoms with Crippen LogP contribution in [0.4, 0.5) is 0 Å². The Morgan fingerprint density at radius 3 is 2.50 bits per heavy atom. The van der Waals surface area contributed by atoms with Gasteiger partial charge in [-0.25, -0.2) is 0 Å². The van der Waals surface area contributed by atoms with Crippen molar-refractivity contribution in [1.29, 1.82) is 0 Å². The number of Topliss-reactive ketones (excluding diaryl/α,β-unsaturated/α-hetero) is 1. The molecule has 36 heavy (non-hydrogen) atoms. The molecule has 198 valence electrons. The number of carbonyl (C=O) groups is 1. The van der Waals surface area contributed by atoms with E-state index in [1.807, 2.05) is 46.8 Å². The van der Waals surface area contributed by atoms with Crippen LogP contribution in [0.3, 0.4) is 0 Å². The molecule has 1 spiro atoms. The van der Waals surface area contributed by atoms with E-state index < -0.39 is 34.9 Å². The minimum atomic E-state index is -1.73. The predicted molar refractivity (Wildman–Crippen MR) is 132 cm³/mol. The molecule has 8 heteroatoms. The number of nitrogens with zero attached hydrogens (tertiary/aromatic N) is 2. The van der Waals surface area contributed by atoms with E-state index in [0.717, 1.165) is 17.6 Å². The molecule has 1 saturated carbocycles. The third-order valence-corrected chi connectivity index (χ3v) is 9.42. The highest BCUT2D eigenvalue weighted by atomic mass is 16.7. The third kappa shape index (κ3) is 3.33. The van der Waals surface area contributed by atoms with Gasteiger partial charge in [0.1, 0.15) is 6.10 Å². The summed E-state index contributed by atoms with van der Waals surface area (Å²) in [7, 11) is 0.